The fourth-order valence-corrected chi connectivity index (χ4v) is 10.9. The average Bonchev–Trinajstić information content (AvgIpc) is 2.85. The molecule has 6 N–H and O–H groups in total. The molecule has 0 aliphatic carbocycles. The van der Waals surface area contributed by atoms with Crippen LogP contribution in [-0.2, 0) is 18.4 Å². The van der Waals surface area contributed by atoms with Gasteiger partial charge in [-0.05, 0) is 209 Å². The molecule has 3 aromatic carbocycles. The Kier molecular flexibility index (Phi) is 14.7. The van der Waals surface area contributed by atoms with Gasteiger partial charge >= 0.3 is 7.82 Å². The molecule has 0 bridgehead atoms. The van der Waals surface area contributed by atoms with E-state index < -0.39 is 7.82 Å². The minimum Gasteiger partial charge on any atom is -0.222 e. The number of anilines is 3. The van der Waals surface area contributed by atoms with Crippen LogP contribution in [0.4, 0.5) is 17.1 Å². The first-order valence-corrected chi connectivity index (χ1v) is 20.7. The standard InChI is InChI=1S/C18H9Br12N6O4P/c19-4-1-5(20)11(26)16(10(4)25)34(31)38-41(37,39-35(32)17-12(27)6(21)2-7(22)13(17)28)40-36(33)18-14(29)8(23)3-9(24)15(18)30/h1-3H,31-33H2. The molecule has 0 radical (unpaired) electrons. The number of benzene rings is 3. The lowest BCUT2D eigenvalue weighted by molar-refractivity contribution is 0.0854. The van der Waals surface area contributed by atoms with E-state index in [1.165, 1.54) is 0 Å². The molecule has 0 spiro atoms. The second-order valence-corrected chi connectivity index (χ2v) is 18.4. The number of halogens is 12. The zero-order chi connectivity index (χ0) is 31.1. The zero-order valence-corrected chi connectivity index (χ0v) is 38.8. The molecule has 0 aliphatic rings. The normalized spacial score (nSPS) is 11.7. The van der Waals surface area contributed by atoms with Crippen molar-refractivity contribution in [1.82, 2.24) is 0 Å². The minimum absolute atomic E-state index is 0.200. The summed E-state index contributed by atoms with van der Waals surface area (Å²) in [6.07, 6.45) is 0. The van der Waals surface area contributed by atoms with Crippen molar-refractivity contribution in [2.24, 2.45) is 17.5 Å². The molecule has 10 nitrogen and oxygen atoms in total. The number of hydrazine groups is 3. The van der Waals surface area contributed by atoms with Gasteiger partial charge in [-0.2, -0.15) is 15.5 Å². The highest BCUT2D eigenvalue weighted by Crippen LogP contribution is 2.56. The fourth-order valence-electron chi connectivity index (χ4n) is 2.75. The van der Waals surface area contributed by atoms with E-state index in [0.29, 0.717) is 69.2 Å². The van der Waals surface area contributed by atoms with Gasteiger partial charge in [0, 0.05) is 26.8 Å². The number of hydrogen-bond acceptors (Lipinski definition) is 10. The molecule has 0 aromatic heterocycles. The molecule has 0 amide bonds. The van der Waals surface area contributed by atoms with Gasteiger partial charge in [-0.15, -0.1) is 13.9 Å². The van der Waals surface area contributed by atoms with Crippen LogP contribution < -0.4 is 33.0 Å². The van der Waals surface area contributed by atoms with Gasteiger partial charge in [0.05, 0.1) is 26.8 Å². The zero-order valence-electron chi connectivity index (χ0n) is 18.9. The maximum absolute atomic E-state index is 14.3. The predicted octanol–water partition coefficient (Wildman–Crippen LogP) is 12.2. The third-order valence-electron chi connectivity index (χ3n) is 4.49. The van der Waals surface area contributed by atoms with Crippen LogP contribution in [0.2, 0.25) is 0 Å². The van der Waals surface area contributed by atoms with Crippen LogP contribution in [0.5, 0.6) is 0 Å². The summed E-state index contributed by atoms with van der Waals surface area (Å²) in [5, 5.41) is 2.02. The van der Waals surface area contributed by atoms with Gasteiger partial charge in [-0.25, -0.2) is 22.1 Å². The number of rotatable bonds is 9. The molecule has 224 valence electrons. The van der Waals surface area contributed by atoms with Crippen molar-refractivity contribution in [1.29, 1.82) is 0 Å². The molecule has 0 saturated carbocycles. The van der Waals surface area contributed by atoms with E-state index >= 15 is 0 Å². The summed E-state index contributed by atoms with van der Waals surface area (Å²) in [6.45, 7) is 0. The molecule has 0 heterocycles. The van der Waals surface area contributed by atoms with Crippen molar-refractivity contribution in [3.05, 3.63) is 71.9 Å². The molecule has 0 unspecified atom stereocenters. The van der Waals surface area contributed by atoms with Crippen LogP contribution in [0.15, 0.2) is 71.9 Å². The van der Waals surface area contributed by atoms with Crippen molar-refractivity contribution in [3.63, 3.8) is 0 Å². The van der Waals surface area contributed by atoms with Crippen molar-refractivity contribution < 1.29 is 18.4 Å². The van der Waals surface area contributed by atoms with E-state index in [1.54, 1.807) is 18.2 Å². The Bertz CT molecular complexity index is 1310. The van der Waals surface area contributed by atoms with E-state index in [1.807, 2.05) is 0 Å². The molecular formula is C18H9Br12N6O4P. The quantitative estimate of drug-likeness (QED) is 0.0823. The monoisotopic (exact) mass is 1350 g/mol. The van der Waals surface area contributed by atoms with Crippen LogP contribution in [0, 0.1) is 0 Å². The third kappa shape index (κ3) is 8.84. The topological polar surface area (TPSA) is 133 Å². The lowest BCUT2D eigenvalue weighted by Crippen LogP contribution is -2.39. The molecule has 0 atom stereocenters. The van der Waals surface area contributed by atoms with Crippen LogP contribution in [-0.4, -0.2) is 0 Å². The lowest BCUT2D eigenvalue weighted by atomic mass is 10.3. The van der Waals surface area contributed by atoms with Crippen molar-refractivity contribution in [3.8, 4) is 0 Å². The summed E-state index contributed by atoms with van der Waals surface area (Å²) in [5.41, 5.74) is 0.600. The molecule has 3 aromatic rings. The molecule has 0 aliphatic heterocycles. The van der Waals surface area contributed by atoms with Crippen molar-refractivity contribution in [2.75, 3.05) is 15.5 Å². The summed E-state index contributed by atoms with van der Waals surface area (Å²) < 4.78 is 37.5. The van der Waals surface area contributed by atoms with Gasteiger partial charge in [0.2, 0.25) is 0 Å². The van der Waals surface area contributed by atoms with Gasteiger partial charge in [0.1, 0.15) is 17.1 Å². The van der Waals surface area contributed by atoms with E-state index in [-0.39, 0.29) is 17.1 Å². The second kappa shape index (κ2) is 15.8. The second-order valence-electron chi connectivity index (χ2n) is 7.12. The maximum atomic E-state index is 14.3. The van der Waals surface area contributed by atoms with Crippen LogP contribution >= 0.6 is 199 Å². The third-order valence-corrected chi connectivity index (χ3v) is 17.4. The average molecular weight is 1360 g/mol. The first-order valence-electron chi connectivity index (χ1n) is 9.72. The van der Waals surface area contributed by atoms with Gasteiger partial charge < -0.3 is 0 Å². The highest BCUT2D eigenvalue weighted by Gasteiger charge is 2.40. The first-order chi connectivity index (χ1) is 18.9. The molecule has 0 saturated heterocycles. The van der Waals surface area contributed by atoms with Gasteiger partial charge in [0.15, 0.2) is 0 Å². The van der Waals surface area contributed by atoms with Gasteiger partial charge in [0.25, 0.3) is 0 Å². The van der Waals surface area contributed by atoms with E-state index in [0.717, 1.165) is 0 Å². The lowest BCUT2D eigenvalue weighted by Gasteiger charge is -2.31. The van der Waals surface area contributed by atoms with E-state index in [2.05, 4.69) is 191 Å². The van der Waals surface area contributed by atoms with Crippen molar-refractivity contribution in [2.45, 2.75) is 0 Å². The molecule has 0 fully saturated rings. The molecule has 41 heavy (non-hydrogen) atoms. The SMILES string of the molecule is NN(OP(=O)(ON(N)c1c(Br)c(Br)cc(Br)c1Br)ON(N)c1c(Br)c(Br)cc(Br)c1Br)c1c(Br)c(Br)cc(Br)c1Br. The largest absolute Gasteiger partial charge is 0.543 e. The van der Waals surface area contributed by atoms with Crippen LogP contribution in [0.3, 0.4) is 0 Å². The van der Waals surface area contributed by atoms with Gasteiger partial charge in [-0.1, -0.05) is 0 Å². The summed E-state index contributed by atoms with van der Waals surface area (Å²) in [5.74, 6) is 18.8. The Morgan fingerprint density at radius 2 is 0.610 bits per heavy atom. The minimum atomic E-state index is -4.91. The van der Waals surface area contributed by atoms with Crippen LogP contribution in [0.25, 0.3) is 0 Å². The van der Waals surface area contributed by atoms with E-state index in [9.17, 15) is 4.57 Å². The number of phosphoric acid groups is 1. The Balaban J connectivity index is 2.13. The Morgan fingerprint density at radius 1 is 0.439 bits per heavy atom. The highest BCUT2D eigenvalue weighted by atomic mass is 79.9. The smallest absolute Gasteiger partial charge is 0.222 e. The molecular weight excluding hydrogens is 1350 g/mol. The predicted molar refractivity (Wildman–Crippen MR) is 203 cm³/mol. The van der Waals surface area contributed by atoms with Crippen LogP contribution in [0.1, 0.15) is 0 Å². The van der Waals surface area contributed by atoms with Gasteiger partial charge in [-0.3, -0.25) is 0 Å². The maximum Gasteiger partial charge on any atom is 0.543 e. The number of hydrogen-bond donors (Lipinski definition) is 3. The summed E-state index contributed by atoms with van der Waals surface area (Å²) in [4.78, 5) is 0. The Hall–Kier alpha value is 2.81. The summed E-state index contributed by atoms with van der Waals surface area (Å²) in [7, 11) is -4.91. The summed E-state index contributed by atoms with van der Waals surface area (Å²) in [6, 6.07) is 5.26. The number of nitrogens with zero attached hydrogens (tertiary/aromatic N) is 3. The van der Waals surface area contributed by atoms with E-state index in [4.69, 9.17) is 31.4 Å². The number of nitrogens with two attached hydrogens (primary N) is 3. The first kappa shape index (κ1) is 38.3. The molecule has 3 rings (SSSR count). The Labute approximate surface area is 334 Å². The molecule has 23 heteroatoms. The highest BCUT2D eigenvalue weighted by molar-refractivity contribution is 9.15. The fraction of sp³-hybridized carbons (Fsp3) is 0. The van der Waals surface area contributed by atoms with Crippen molar-refractivity contribution >= 4 is 216 Å². The summed E-state index contributed by atoms with van der Waals surface area (Å²) >= 11 is 41.1. The Morgan fingerprint density at radius 3 is 0.780 bits per heavy atom.